The minimum absolute atomic E-state index is 0.0607. The molecule has 162 valence electrons. The fourth-order valence-corrected chi connectivity index (χ4v) is 3.96. The van der Waals surface area contributed by atoms with Crippen molar-refractivity contribution in [2.75, 3.05) is 33.2 Å². The van der Waals surface area contributed by atoms with Crippen LogP contribution in [0.2, 0.25) is 0 Å². The van der Waals surface area contributed by atoms with Gasteiger partial charge < -0.3 is 24.8 Å². The van der Waals surface area contributed by atoms with Crippen molar-refractivity contribution in [3.05, 3.63) is 71.9 Å². The van der Waals surface area contributed by atoms with Gasteiger partial charge in [0.2, 0.25) is 5.91 Å². The number of nitrogens with zero attached hydrogens (tertiary/aromatic N) is 1. The number of fused-ring (bicyclic) bond motifs is 1. The SMILES string of the molecule is C[NH+]1CCN(C(=O)[C@H](Cc2c[nH]c3ccccc23)NC(=O)OCc2ccccc2)CC1. The van der Waals surface area contributed by atoms with Crippen LogP contribution in [0.1, 0.15) is 11.1 Å². The number of aromatic nitrogens is 1. The second kappa shape index (κ2) is 9.66. The van der Waals surface area contributed by atoms with Crippen molar-refractivity contribution in [3.63, 3.8) is 0 Å². The highest BCUT2D eigenvalue weighted by molar-refractivity contribution is 5.88. The van der Waals surface area contributed by atoms with Gasteiger partial charge in [-0.15, -0.1) is 0 Å². The number of hydrogen-bond acceptors (Lipinski definition) is 3. The molecule has 1 aliphatic rings. The van der Waals surface area contributed by atoms with Crippen LogP contribution in [0.3, 0.4) is 0 Å². The molecule has 0 unspecified atom stereocenters. The van der Waals surface area contributed by atoms with Crippen molar-refractivity contribution in [1.82, 2.24) is 15.2 Å². The van der Waals surface area contributed by atoms with Gasteiger partial charge in [0.05, 0.1) is 33.2 Å². The van der Waals surface area contributed by atoms with E-state index in [9.17, 15) is 9.59 Å². The van der Waals surface area contributed by atoms with Gasteiger partial charge in [0.1, 0.15) is 12.6 Å². The Bertz CT molecular complexity index is 1030. The standard InChI is InChI=1S/C24H28N4O3/c1-27-11-13-28(14-12-27)23(29)22(15-19-16-25-21-10-6-5-9-20(19)21)26-24(30)31-17-18-7-3-2-4-8-18/h2-10,16,22,25H,11-15,17H2,1H3,(H,26,30)/p+1/t22-/m0/s1. The summed E-state index contributed by atoms with van der Waals surface area (Å²) >= 11 is 0. The molecule has 2 heterocycles. The van der Waals surface area contributed by atoms with Crippen LogP contribution >= 0.6 is 0 Å². The Labute approximate surface area is 182 Å². The molecule has 0 radical (unpaired) electrons. The third-order valence-electron chi connectivity index (χ3n) is 5.83. The van der Waals surface area contributed by atoms with Crippen LogP contribution in [0.15, 0.2) is 60.8 Å². The van der Waals surface area contributed by atoms with Crippen LogP contribution in [0.4, 0.5) is 4.79 Å². The van der Waals surface area contributed by atoms with E-state index in [0.29, 0.717) is 19.5 Å². The number of likely N-dealkylation sites (N-methyl/N-ethyl adjacent to an activating group) is 1. The number of piperazine rings is 1. The number of carbonyl (C=O) groups is 2. The first kappa shape index (κ1) is 20.9. The minimum atomic E-state index is -0.680. The van der Waals surface area contributed by atoms with Crippen LogP contribution in [-0.2, 0) is 22.6 Å². The first-order valence-corrected chi connectivity index (χ1v) is 10.7. The highest BCUT2D eigenvalue weighted by Gasteiger charge is 2.30. The van der Waals surface area contributed by atoms with E-state index in [1.54, 1.807) is 0 Å². The third-order valence-corrected chi connectivity index (χ3v) is 5.83. The minimum Gasteiger partial charge on any atom is -0.445 e. The van der Waals surface area contributed by atoms with Crippen molar-refractivity contribution >= 4 is 22.9 Å². The topological polar surface area (TPSA) is 78.9 Å². The van der Waals surface area contributed by atoms with Gasteiger partial charge in [0.25, 0.3) is 0 Å². The van der Waals surface area contributed by atoms with E-state index < -0.39 is 12.1 Å². The summed E-state index contributed by atoms with van der Waals surface area (Å²) in [4.78, 5) is 32.4. The number of ether oxygens (including phenoxy) is 1. The molecule has 0 bridgehead atoms. The zero-order valence-electron chi connectivity index (χ0n) is 17.8. The molecule has 2 amide bonds. The van der Waals surface area contributed by atoms with Gasteiger partial charge in [-0.1, -0.05) is 48.5 Å². The summed E-state index contributed by atoms with van der Waals surface area (Å²) in [6.45, 7) is 3.36. The molecule has 1 aliphatic heterocycles. The van der Waals surface area contributed by atoms with Crippen LogP contribution in [0.25, 0.3) is 10.9 Å². The Hall–Kier alpha value is -3.32. The number of nitrogens with one attached hydrogen (secondary N) is 3. The number of H-pyrrole nitrogens is 1. The summed E-state index contributed by atoms with van der Waals surface area (Å²) < 4.78 is 5.39. The molecule has 0 saturated carbocycles. The van der Waals surface area contributed by atoms with Crippen LogP contribution in [0.5, 0.6) is 0 Å². The van der Waals surface area contributed by atoms with Gasteiger partial charge in [-0.05, 0) is 17.2 Å². The maximum Gasteiger partial charge on any atom is 0.408 e. The molecule has 3 aromatic rings. The number of hydrogen-bond donors (Lipinski definition) is 3. The van der Waals surface area contributed by atoms with Gasteiger partial charge in [-0.2, -0.15) is 0 Å². The molecule has 2 aromatic carbocycles. The predicted molar refractivity (Wildman–Crippen MR) is 119 cm³/mol. The molecule has 4 rings (SSSR count). The van der Waals surface area contributed by atoms with E-state index in [1.165, 1.54) is 4.90 Å². The summed E-state index contributed by atoms with van der Waals surface area (Å²) in [7, 11) is 2.13. The van der Waals surface area contributed by atoms with E-state index in [-0.39, 0.29) is 12.5 Å². The van der Waals surface area contributed by atoms with Crippen molar-refractivity contribution in [3.8, 4) is 0 Å². The average molecular weight is 422 g/mol. The van der Waals surface area contributed by atoms with Gasteiger partial charge >= 0.3 is 6.09 Å². The largest absolute Gasteiger partial charge is 0.445 e. The number of alkyl carbamates (subject to hydrolysis) is 1. The summed E-state index contributed by atoms with van der Waals surface area (Å²) in [5.41, 5.74) is 2.91. The maximum absolute atomic E-state index is 13.3. The summed E-state index contributed by atoms with van der Waals surface area (Å²) in [5.74, 6) is -0.0607. The summed E-state index contributed by atoms with van der Waals surface area (Å²) in [5, 5.41) is 3.88. The van der Waals surface area contributed by atoms with Gasteiger partial charge in [-0.25, -0.2) is 4.79 Å². The van der Waals surface area contributed by atoms with Gasteiger partial charge in [-0.3, -0.25) is 4.79 Å². The maximum atomic E-state index is 13.3. The zero-order valence-corrected chi connectivity index (χ0v) is 17.8. The van der Waals surface area contributed by atoms with Crippen LogP contribution in [0, 0.1) is 0 Å². The smallest absolute Gasteiger partial charge is 0.408 e. The number of benzene rings is 2. The lowest BCUT2D eigenvalue weighted by molar-refractivity contribution is -0.883. The Morgan fingerprint density at radius 3 is 2.58 bits per heavy atom. The van der Waals surface area contributed by atoms with E-state index >= 15 is 0 Å². The number of para-hydroxylation sites is 1. The second-order valence-electron chi connectivity index (χ2n) is 8.10. The normalized spacial score (nSPS) is 15.6. The average Bonchev–Trinajstić information content (AvgIpc) is 3.21. The molecule has 31 heavy (non-hydrogen) atoms. The number of carbonyl (C=O) groups excluding carboxylic acids is 2. The monoisotopic (exact) mass is 421 g/mol. The highest BCUT2D eigenvalue weighted by Crippen LogP contribution is 2.20. The quantitative estimate of drug-likeness (QED) is 0.562. The number of aromatic amines is 1. The van der Waals surface area contributed by atoms with Gasteiger partial charge in [0.15, 0.2) is 0 Å². The number of quaternary nitrogens is 1. The Morgan fingerprint density at radius 2 is 1.81 bits per heavy atom. The molecular weight excluding hydrogens is 392 g/mol. The van der Waals surface area contributed by atoms with Crippen molar-refractivity contribution in [2.45, 2.75) is 19.1 Å². The molecule has 1 aromatic heterocycles. The Balaban J connectivity index is 1.47. The van der Waals surface area contributed by atoms with Crippen molar-refractivity contribution in [2.24, 2.45) is 0 Å². The third kappa shape index (κ3) is 5.24. The molecule has 0 spiro atoms. The Morgan fingerprint density at radius 1 is 1.10 bits per heavy atom. The molecule has 1 atom stereocenters. The molecular formula is C24H29N4O3+. The lowest BCUT2D eigenvalue weighted by atomic mass is 10.0. The Kier molecular flexibility index (Phi) is 6.52. The van der Waals surface area contributed by atoms with Crippen molar-refractivity contribution < 1.29 is 19.2 Å². The number of rotatable bonds is 6. The molecule has 1 fully saturated rings. The van der Waals surface area contributed by atoms with E-state index in [1.807, 2.05) is 65.7 Å². The summed E-state index contributed by atoms with van der Waals surface area (Å²) in [6, 6.07) is 16.8. The first-order valence-electron chi connectivity index (χ1n) is 10.7. The zero-order chi connectivity index (χ0) is 21.6. The fourth-order valence-electron chi connectivity index (χ4n) is 3.96. The van der Waals surface area contributed by atoms with E-state index in [2.05, 4.69) is 17.3 Å². The molecule has 1 saturated heterocycles. The van der Waals surface area contributed by atoms with E-state index in [0.717, 1.165) is 35.1 Å². The fraction of sp³-hybridized carbons (Fsp3) is 0.333. The predicted octanol–water partition coefficient (Wildman–Crippen LogP) is 1.36. The van der Waals surface area contributed by atoms with Gasteiger partial charge in [0, 0.05) is 23.5 Å². The molecule has 0 aliphatic carbocycles. The number of amides is 2. The van der Waals surface area contributed by atoms with E-state index in [4.69, 9.17) is 4.74 Å². The van der Waals surface area contributed by atoms with Crippen LogP contribution in [-0.4, -0.2) is 61.2 Å². The molecule has 7 nitrogen and oxygen atoms in total. The first-order chi connectivity index (χ1) is 15.1. The summed E-state index contributed by atoms with van der Waals surface area (Å²) in [6.07, 6.45) is 1.74. The van der Waals surface area contributed by atoms with Crippen LogP contribution < -0.4 is 10.2 Å². The highest BCUT2D eigenvalue weighted by atomic mass is 16.5. The molecule has 7 heteroatoms. The second-order valence-corrected chi connectivity index (χ2v) is 8.10. The lowest BCUT2D eigenvalue weighted by Crippen LogP contribution is -3.12. The lowest BCUT2D eigenvalue weighted by Gasteiger charge is -2.32. The van der Waals surface area contributed by atoms with Crippen molar-refractivity contribution in [1.29, 1.82) is 0 Å². The molecule has 3 N–H and O–H groups in total.